The number of H-pyrrole nitrogens is 1. The number of carbonyl (C=O) groups excluding carboxylic acids is 5. The van der Waals surface area contributed by atoms with Crippen LogP contribution < -0.4 is 10.6 Å². The summed E-state index contributed by atoms with van der Waals surface area (Å²) in [5, 5.41) is 16.4. The van der Waals surface area contributed by atoms with E-state index in [1.54, 1.807) is 48.5 Å². The maximum absolute atomic E-state index is 14.1. The third-order valence-corrected chi connectivity index (χ3v) is 8.79. The van der Waals surface area contributed by atoms with E-state index < -0.39 is 53.8 Å². The lowest BCUT2D eigenvalue weighted by Gasteiger charge is -2.31. The van der Waals surface area contributed by atoms with Crippen LogP contribution >= 0.6 is 0 Å². The van der Waals surface area contributed by atoms with Crippen LogP contribution in [-0.2, 0) is 32.0 Å². The quantitative estimate of drug-likeness (QED) is 0.165. The minimum Gasteiger partial charge on any atom is -0.467 e. The molecule has 242 valence electrons. The number of carbonyl (C=O) groups is 5. The first-order valence-corrected chi connectivity index (χ1v) is 15.6. The Morgan fingerprint density at radius 2 is 1.59 bits per heavy atom. The molecule has 0 saturated heterocycles. The number of esters is 1. The minimum absolute atomic E-state index is 0.0117. The fraction of sp³-hybridized carbons (Fsp3) is 0.412. The number of aromatic amines is 1. The molecule has 12 nitrogen and oxygen atoms in total. The number of aliphatic hydroxyl groups excluding tert-OH is 1. The second-order valence-electron chi connectivity index (χ2n) is 11.9. The number of fused-ring (bicyclic) bond motifs is 1. The molecule has 1 aromatic heterocycles. The first-order chi connectivity index (χ1) is 22.3. The molecular formula is C34H39N5O7. The number of aliphatic hydroxyl groups is 1. The van der Waals surface area contributed by atoms with E-state index in [1.165, 1.54) is 19.6 Å². The zero-order chi connectivity index (χ0) is 32.6. The van der Waals surface area contributed by atoms with Gasteiger partial charge in [-0.25, -0.2) is 9.78 Å². The van der Waals surface area contributed by atoms with Gasteiger partial charge in [0, 0.05) is 24.7 Å². The highest BCUT2D eigenvalue weighted by molar-refractivity contribution is 6.23. The van der Waals surface area contributed by atoms with Crippen LogP contribution in [0.3, 0.4) is 0 Å². The molecule has 0 spiro atoms. The summed E-state index contributed by atoms with van der Waals surface area (Å²) in [6.07, 6.45) is 6.70. The average Bonchev–Trinajstić information content (AvgIpc) is 3.68. The van der Waals surface area contributed by atoms with E-state index in [0.717, 1.165) is 37.0 Å². The molecule has 4 atom stereocenters. The zero-order valence-electron chi connectivity index (χ0n) is 25.7. The molecule has 2 heterocycles. The van der Waals surface area contributed by atoms with Crippen molar-refractivity contribution in [2.75, 3.05) is 7.11 Å². The fourth-order valence-electron chi connectivity index (χ4n) is 6.34. The molecule has 12 heteroatoms. The number of amides is 4. The number of aromatic nitrogens is 2. The molecule has 0 radical (unpaired) electrons. The van der Waals surface area contributed by atoms with Crippen LogP contribution in [0.1, 0.15) is 70.5 Å². The van der Waals surface area contributed by atoms with Gasteiger partial charge in [0.25, 0.3) is 11.8 Å². The Labute approximate surface area is 266 Å². The van der Waals surface area contributed by atoms with Crippen molar-refractivity contribution in [2.45, 2.75) is 75.6 Å². The van der Waals surface area contributed by atoms with Gasteiger partial charge in [-0.3, -0.25) is 24.1 Å². The van der Waals surface area contributed by atoms with Crippen molar-refractivity contribution in [1.82, 2.24) is 25.5 Å². The zero-order valence-corrected chi connectivity index (χ0v) is 25.7. The Morgan fingerprint density at radius 1 is 0.935 bits per heavy atom. The number of methoxy groups -OCH3 is 1. The molecule has 4 unspecified atom stereocenters. The largest absolute Gasteiger partial charge is 0.467 e. The Balaban J connectivity index is 1.42. The van der Waals surface area contributed by atoms with Crippen LogP contribution in [-0.4, -0.2) is 80.9 Å². The van der Waals surface area contributed by atoms with Gasteiger partial charge in [-0.15, -0.1) is 0 Å². The van der Waals surface area contributed by atoms with Crippen LogP contribution in [0.5, 0.6) is 0 Å². The predicted octanol–water partition coefficient (Wildman–Crippen LogP) is 2.33. The van der Waals surface area contributed by atoms with Crippen LogP contribution in [0, 0.1) is 5.92 Å². The summed E-state index contributed by atoms with van der Waals surface area (Å²) < 4.78 is 4.77. The van der Waals surface area contributed by atoms with E-state index in [-0.39, 0.29) is 29.9 Å². The lowest BCUT2D eigenvalue weighted by Crippen LogP contribution is -2.58. The lowest BCUT2D eigenvalue weighted by atomic mass is 9.83. The molecule has 4 amide bonds. The molecule has 4 N–H and O–H groups in total. The summed E-state index contributed by atoms with van der Waals surface area (Å²) >= 11 is 0. The Kier molecular flexibility index (Phi) is 10.6. The number of hydrogen-bond acceptors (Lipinski definition) is 8. The molecule has 1 saturated carbocycles. The Hall–Kier alpha value is -4.84. The highest BCUT2D eigenvalue weighted by atomic mass is 16.5. The van der Waals surface area contributed by atoms with Crippen LogP contribution in [0.4, 0.5) is 0 Å². The summed E-state index contributed by atoms with van der Waals surface area (Å²) in [7, 11) is 1.17. The summed E-state index contributed by atoms with van der Waals surface area (Å²) in [4.78, 5) is 75.3. The van der Waals surface area contributed by atoms with Crippen LogP contribution in [0.15, 0.2) is 67.1 Å². The number of rotatable bonds is 13. The minimum atomic E-state index is -1.61. The standard InChI is InChI=1S/C34H39N5O7/c1-46-34(45)29(40)26(16-21-10-4-2-5-11-21)37-30(41)27(18-23-19-35-20-36-23)38-31(42)28(17-22-12-6-3-7-13-22)39-32(43)24-14-8-9-15-25(24)33(39)44/h3,6-9,12-15,19-21,26-29,40H,2,4-5,10-11,16-18H2,1H3,(H,35,36)(H,37,41)(H,38,42). The van der Waals surface area contributed by atoms with Crippen molar-refractivity contribution in [3.05, 3.63) is 89.5 Å². The first-order valence-electron chi connectivity index (χ1n) is 15.6. The smallest absolute Gasteiger partial charge is 0.336 e. The van der Waals surface area contributed by atoms with E-state index in [1.807, 2.05) is 6.07 Å². The van der Waals surface area contributed by atoms with E-state index in [2.05, 4.69) is 20.6 Å². The van der Waals surface area contributed by atoms with Gasteiger partial charge in [-0.2, -0.15) is 0 Å². The lowest BCUT2D eigenvalue weighted by molar-refractivity contribution is -0.152. The van der Waals surface area contributed by atoms with Gasteiger partial charge in [-0.05, 0) is 30.0 Å². The second-order valence-corrected chi connectivity index (χ2v) is 11.9. The summed E-state index contributed by atoms with van der Waals surface area (Å²) in [6, 6.07) is 11.9. The number of ether oxygens (including phenoxy) is 1. The molecule has 3 aromatic rings. The molecular weight excluding hydrogens is 590 g/mol. The molecule has 1 aliphatic heterocycles. The molecule has 1 fully saturated rings. The number of nitrogens with zero attached hydrogens (tertiary/aromatic N) is 2. The normalized spacial score (nSPS) is 17.5. The molecule has 0 bridgehead atoms. The van der Waals surface area contributed by atoms with Gasteiger partial charge >= 0.3 is 5.97 Å². The summed E-state index contributed by atoms with van der Waals surface area (Å²) in [5.41, 5.74) is 1.65. The maximum Gasteiger partial charge on any atom is 0.336 e. The van der Waals surface area contributed by atoms with Gasteiger partial charge in [0.2, 0.25) is 11.8 Å². The Morgan fingerprint density at radius 3 is 2.20 bits per heavy atom. The topological polar surface area (TPSA) is 171 Å². The number of imide groups is 1. The fourth-order valence-corrected chi connectivity index (χ4v) is 6.34. The van der Waals surface area contributed by atoms with Crippen molar-refractivity contribution in [2.24, 2.45) is 5.92 Å². The number of benzene rings is 2. The third kappa shape index (κ3) is 7.51. The molecule has 1 aliphatic carbocycles. The van der Waals surface area contributed by atoms with Crippen LogP contribution in [0.2, 0.25) is 0 Å². The van der Waals surface area contributed by atoms with Crippen molar-refractivity contribution in [1.29, 1.82) is 0 Å². The number of nitrogens with one attached hydrogen (secondary N) is 3. The summed E-state index contributed by atoms with van der Waals surface area (Å²) in [5.74, 6) is -3.23. The monoisotopic (exact) mass is 629 g/mol. The van der Waals surface area contributed by atoms with Crippen molar-refractivity contribution in [3.8, 4) is 0 Å². The molecule has 46 heavy (non-hydrogen) atoms. The van der Waals surface area contributed by atoms with Crippen molar-refractivity contribution in [3.63, 3.8) is 0 Å². The highest BCUT2D eigenvalue weighted by Crippen LogP contribution is 2.29. The number of hydrogen-bond donors (Lipinski definition) is 4. The highest BCUT2D eigenvalue weighted by Gasteiger charge is 2.43. The first kappa shape index (κ1) is 32.6. The van der Waals surface area contributed by atoms with Gasteiger partial charge in [0.15, 0.2) is 6.10 Å². The number of imidazole rings is 1. The van der Waals surface area contributed by atoms with E-state index in [9.17, 15) is 29.1 Å². The summed E-state index contributed by atoms with van der Waals surface area (Å²) in [6.45, 7) is 0. The van der Waals surface area contributed by atoms with Gasteiger partial charge in [0.1, 0.15) is 12.1 Å². The third-order valence-electron chi connectivity index (χ3n) is 8.79. The second kappa shape index (κ2) is 15.0. The molecule has 5 rings (SSSR count). The molecule has 2 aliphatic rings. The van der Waals surface area contributed by atoms with E-state index in [4.69, 9.17) is 4.74 Å². The van der Waals surface area contributed by atoms with Crippen molar-refractivity contribution < 1.29 is 33.8 Å². The maximum atomic E-state index is 14.1. The van der Waals surface area contributed by atoms with Crippen LogP contribution in [0.25, 0.3) is 0 Å². The van der Waals surface area contributed by atoms with E-state index >= 15 is 0 Å². The van der Waals surface area contributed by atoms with E-state index in [0.29, 0.717) is 17.7 Å². The Bertz CT molecular complexity index is 1500. The molecule has 2 aromatic carbocycles. The average molecular weight is 630 g/mol. The van der Waals surface area contributed by atoms with Crippen molar-refractivity contribution >= 4 is 29.6 Å². The van der Waals surface area contributed by atoms with Gasteiger partial charge in [-0.1, -0.05) is 74.6 Å². The predicted molar refractivity (Wildman–Crippen MR) is 166 cm³/mol. The van der Waals surface area contributed by atoms with Gasteiger partial charge in [0.05, 0.1) is 30.6 Å². The SMILES string of the molecule is COC(=O)C(O)C(CC1CCCCC1)NC(=O)C(Cc1cnc[nH]1)NC(=O)C(Cc1ccccc1)N1C(=O)c2ccccc2C1=O. The van der Waals surface area contributed by atoms with Gasteiger partial charge < -0.3 is 25.5 Å².